The van der Waals surface area contributed by atoms with E-state index in [2.05, 4.69) is 103 Å². The average molecular weight is 473 g/mol. The predicted molar refractivity (Wildman–Crippen MR) is 153 cm³/mol. The summed E-state index contributed by atoms with van der Waals surface area (Å²) in [6.07, 6.45) is 0. The number of benzene rings is 6. The van der Waals surface area contributed by atoms with Crippen molar-refractivity contribution in [1.82, 2.24) is 9.97 Å². The van der Waals surface area contributed by atoms with Crippen LogP contribution in [-0.2, 0) is 0 Å². The van der Waals surface area contributed by atoms with Crippen molar-refractivity contribution in [2.45, 2.75) is 0 Å². The Hall–Kier alpha value is -5.02. The Morgan fingerprint density at radius 2 is 1.19 bits per heavy atom. The standard InChI is InChI=1S/C34H20N2O/c1-2-10-22(11-3-1)31-33(35-29-20-17-21-9-4-5-12-23(21)32(29)36-31)26-14-8-15-27-24(26)18-19-28-25-13-6-7-16-30(25)37-34(27)28/h1-20H. The maximum absolute atomic E-state index is 6.35. The topological polar surface area (TPSA) is 38.9 Å². The molecule has 2 aromatic heterocycles. The van der Waals surface area contributed by atoms with E-state index in [1.807, 2.05) is 18.2 Å². The highest BCUT2D eigenvalue weighted by molar-refractivity contribution is 6.17. The van der Waals surface area contributed by atoms with Gasteiger partial charge in [0.15, 0.2) is 0 Å². The van der Waals surface area contributed by atoms with Gasteiger partial charge in [0.05, 0.1) is 22.4 Å². The second-order valence-electron chi connectivity index (χ2n) is 9.38. The van der Waals surface area contributed by atoms with Crippen LogP contribution in [0.25, 0.3) is 77.0 Å². The van der Waals surface area contributed by atoms with Crippen LogP contribution < -0.4 is 0 Å². The molecule has 0 aliphatic heterocycles. The molecule has 3 heteroatoms. The Bertz CT molecular complexity index is 2140. The van der Waals surface area contributed by atoms with E-state index in [4.69, 9.17) is 14.4 Å². The Labute approximate surface area is 212 Å². The Morgan fingerprint density at radius 1 is 0.459 bits per heavy atom. The molecule has 0 aliphatic carbocycles. The highest BCUT2D eigenvalue weighted by atomic mass is 16.3. The van der Waals surface area contributed by atoms with Gasteiger partial charge in [-0.05, 0) is 29.0 Å². The molecule has 172 valence electrons. The van der Waals surface area contributed by atoms with Crippen LogP contribution in [0.15, 0.2) is 126 Å². The van der Waals surface area contributed by atoms with Crippen LogP contribution in [0.3, 0.4) is 0 Å². The molecule has 37 heavy (non-hydrogen) atoms. The molecule has 0 aliphatic rings. The molecule has 2 heterocycles. The monoisotopic (exact) mass is 472 g/mol. The summed E-state index contributed by atoms with van der Waals surface area (Å²) < 4.78 is 6.35. The van der Waals surface area contributed by atoms with Gasteiger partial charge in [-0.2, -0.15) is 0 Å². The second kappa shape index (κ2) is 7.74. The summed E-state index contributed by atoms with van der Waals surface area (Å²) in [6, 6.07) is 41.8. The van der Waals surface area contributed by atoms with Crippen LogP contribution in [0.4, 0.5) is 0 Å². The number of rotatable bonds is 2. The van der Waals surface area contributed by atoms with Gasteiger partial charge in [0.1, 0.15) is 11.2 Å². The van der Waals surface area contributed by atoms with Crippen molar-refractivity contribution < 1.29 is 4.42 Å². The van der Waals surface area contributed by atoms with Crippen LogP contribution in [0, 0.1) is 0 Å². The maximum atomic E-state index is 6.35. The summed E-state index contributed by atoms with van der Waals surface area (Å²) in [5.74, 6) is 0. The van der Waals surface area contributed by atoms with Gasteiger partial charge < -0.3 is 4.42 Å². The van der Waals surface area contributed by atoms with Gasteiger partial charge in [-0.15, -0.1) is 0 Å². The zero-order valence-electron chi connectivity index (χ0n) is 19.8. The van der Waals surface area contributed by atoms with Gasteiger partial charge in [0, 0.05) is 32.7 Å². The number of furan rings is 1. The number of hydrogen-bond donors (Lipinski definition) is 0. The summed E-state index contributed by atoms with van der Waals surface area (Å²) in [6.45, 7) is 0. The van der Waals surface area contributed by atoms with Crippen LogP contribution in [0.2, 0.25) is 0 Å². The normalized spacial score (nSPS) is 11.8. The number of para-hydroxylation sites is 1. The minimum atomic E-state index is 0.870. The molecule has 0 saturated carbocycles. The lowest BCUT2D eigenvalue weighted by molar-refractivity contribution is 0.672. The van der Waals surface area contributed by atoms with Crippen LogP contribution in [0.1, 0.15) is 0 Å². The molecule has 0 radical (unpaired) electrons. The van der Waals surface area contributed by atoms with E-state index in [0.717, 1.165) is 77.0 Å². The lowest BCUT2D eigenvalue weighted by atomic mass is 9.96. The third-order valence-electron chi connectivity index (χ3n) is 7.26. The molecule has 8 aromatic rings. The van der Waals surface area contributed by atoms with Crippen molar-refractivity contribution in [3.63, 3.8) is 0 Å². The maximum Gasteiger partial charge on any atom is 0.143 e. The van der Waals surface area contributed by atoms with E-state index in [9.17, 15) is 0 Å². The first-order valence-electron chi connectivity index (χ1n) is 12.4. The minimum Gasteiger partial charge on any atom is -0.455 e. The van der Waals surface area contributed by atoms with E-state index in [-0.39, 0.29) is 0 Å². The molecule has 0 amide bonds. The van der Waals surface area contributed by atoms with Crippen molar-refractivity contribution in [2.75, 3.05) is 0 Å². The highest BCUT2D eigenvalue weighted by Gasteiger charge is 2.18. The molecule has 8 rings (SSSR count). The molecule has 0 fully saturated rings. The van der Waals surface area contributed by atoms with Gasteiger partial charge in [-0.25, -0.2) is 9.97 Å². The lowest BCUT2D eigenvalue weighted by Crippen LogP contribution is -1.97. The molecule has 0 N–H and O–H groups in total. The third kappa shape index (κ3) is 3.01. The van der Waals surface area contributed by atoms with Crippen LogP contribution in [0.5, 0.6) is 0 Å². The zero-order chi connectivity index (χ0) is 24.3. The largest absolute Gasteiger partial charge is 0.455 e. The van der Waals surface area contributed by atoms with Crippen molar-refractivity contribution in [2.24, 2.45) is 0 Å². The van der Waals surface area contributed by atoms with E-state index in [1.54, 1.807) is 0 Å². The van der Waals surface area contributed by atoms with Gasteiger partial charge in [-0.3, -0.25) is 0 Å². The van der Waals surface area contributed by atoms with Gasteiger partial charge in [0.2, 0.25) is 0 Å². The summed E-state index contributed by atoms with van der Waals surface area (Å²) >= 11 is 0. The number of nitrogens with zero attached hydrogens (tertiary/aromatic N) is 2. The first kappa shape index (κ1) is 20.2. The summed E-state index contributed by atoms with van der Waals surface area (Å²) in [4.78, 5) is 10.5. The van der Waals surface area contributed by atoms with E-state index >= 15 is 0 Å². The van der Waals surface area contributed by atoms with E-state index in [1.165, 1.54) is 0 Å². The minimum absolute atomic E-state index is 0.870. The van der Waals surface area contributed by atoms with Gasteiger partial charge in [0.25, 0.3) is 0 Å². The van der Waals surface area contributed by atoms with Gasteiger partial charge in [-0.1, -0.05) is 103 Å². The van der Waals surface area contributed by atoms with Crippen LogP contribution >= 0.6 is 0 Å². The van der Waals surface area contributed by atoms with Crippen molar-refractivity contribution >= 4 is 54.5 Å². The third-order valence-corrected chi connectivity index (χ3v) is 7.26. The Morgan fingerprint density at radius 3 is 2.11 bits per heavy atom. The molecule has 0 bridgehead atoms. The number of hydrogen-bond acceptors (Lipinski definition) is 3. The highest BCUT2D eigenvalue weighted by Crippen LogP contribution is 2.40. The zero-order valence-corrected chi connectivity index (χ0v) is 19.8. The fraction of sp³-hybridized carbons (Fsp3) is 0. The molecule has 0 saturated heterocycles. The Kier molecular flexibility index (Phi) is 4.23. The smallest absolute Gasteiger partial charge is 0.143 e. The fourth-order valence-corrected chi connectivity index (χ4v) is 5.52. The van der Waals surface area contributed by atoms with Crippen molar-refractivity contribution in [3.8, 4) is 22.5 Å². The molecule has 3 nitrogen and oxygen atoms in total. The second-order valence-corrected chi connectivity index (χ2v) is 9.38. The SMILES string of the molecule is c1ccc(-c2nc3c(ccc4ccccc43)nc2-c2cccc3c2ccc2c4ccccc4oc32)cc1. The lowest BCUT2D eigenvalue weighted by Gasteiger charge is -2.14. The Balaban J connectivity index is 1.48. The van der Waals surface area contributed by atoms with E-state index < -0.39 is 0 Å². The first-order valence-corrected chi connectivity index (χ1v) is 12.4. The average Bonchev–Trinajstić information content (AvgIpc) is 3.36. The summed E-state index contributed by atoms with van der Waals surface area (Å²) in [5.41, 5.74) is 7.44. The number of fused-ring (bicyclic) bond motifs is 8. The molecular weight excluding hydrogens is 452 g/mol. The molecule has 0 unspecified atom stereocenters. The summed E-state index contributed by atoms with van der Waals surface area (Å²) in [7, 11) is 0. The first-order chi connectivity index (χ1) is 18.3. The molecule has 0 spiro atoms. The van der Waals surface area contributed by atoms with Crippen LogP contribution in [-0.4, -0.2) is 9.97 Å². The van der Waals surface area contributed by atoms with Crippen molar-refractivity contribution in [3.05, 3.63) is 121 Å². The molecular formula is C34H20N2O. The fourth-order valence-electron chi connectivity index (χ4n) is 5.52. The van der Waals surface area contributed by atoms with E-state index in [0.29, 0.717) is 0 Å². The predicted octanol–water partition coefficient (Wildman–Crippen LogP) is 9.17. The van der Waals surface area contributed by atoms with Crippen molar-refractivity contribution in [1.29, 1.82) is 0 Å². The molecule has 0 atom stereocenters. The summed E-state index contributed by atoms with van der Waals surface area (Å²) in [5, 5.41) is 6.70. The quantitative estimate of drug-likeness (QED) is 0.235. The number of aromatic nitrogens is 2. The van der Waals surface area contributed by atoms with Gasteiger partial charge >= 0.3 is 0 Å². The molecule has 6 aromatic carbocycles.